The minimum absolute atomic E-state index is 0.402. The van der Waals surface area contributed by atoms with Crippen LogP contribution < -0.4 is 0 Å². The number of nitrogens with zero attached hydrogens (tertiary/aromatic N) is 1. The third-order valence-corrected chi connectivity index (χ3v) is 0.859. The van der Waals surface area contributed by atoms with E-state index in [1.54, 1.807) is 13.0 Å². The highest BCUT2D eigenvalue weighted by atomic mass is 16.6. The van der Waals surface area contributed by atoms with Gasteiger partial charge in [-0.15, -0.1) is 0 Å². The van der Waals surface area contributed by atoms with Crippen LogP contribution in [0.4, 0.5) is 0 Å². The molecule has 0 aromatic heterocycles. The molecular formula is C9H13NO3. The maximum atomic E-state index is 10.3. The van der Waals surface area contributed by atoms with Gasteiger partial charge in [0.25, 0.3) is 0 Å². The molecular weight excluding hydrogens is 170 g/mol. The molecule has 0 aromatic rings. The quantitative estimate of drug-likeness (QED) is 0.308. The van der Waals surface area contributed by atoms with E-state index >= 15 is 0 Å². The summed E-state index contributed by atoms with van der Waals surface area (Å²) in [5.41, 5.74) is 0. The Kier molecular flexibility index (Phi) is 11.2. The Morgan fingerprint density at radius 1 is 1.77 bits per heavy atom. The highest BCUT2D eigenvalue weighted by molar-refractivity contribution is 5.81. The van der Waals surface area contributed by atoms with Crippen LogP contribution in [-0.2, 0) is 9.53 Å². The van der Waals surface area contributed by atoms with Gasteiger partial charge in [-0.2, -0.15) is 5.26 Å². The normalized spacial score (nSPS) is 9.62. The summed E-state index contributed by atoms with van der Waals surface area (Å²) in [5.74, 6) is -0.593. The van der Waals surface area contributed by atoms with Crippen molar-refractivity contribution in [2.75, 3.05) is 0 Å². The largest absolute Gasteiger partial charge is 0.433 e. The van der Waals surface area contributed by atoms with E-state index in [1.807, 2.05) is 0 Å². The molecule has 0 aliphatic carbocycles. The van der Waals surface area contributed by atoms with Crippen molar-refractivity contribution in [3.63, 3.8) is 0 Å². The first-order valence-corrected chi connectivity index (χ1v) is 3.63. The van der Waals surface area contributed by atoms with Gasteiger partial charge in [-0.25, -0.2) is 4.79 Å². The van der Waals surface area contributed by atoms with Crippen LogP contribution in [0, 0.1) is 11.3 Å². The second kappa shape index (κ2) is 10.4. The van der Waals surface area contributed by atoms with E-state index in [0.717, 1.165) is 6.08 Å². The first-order valence-electron chi connectivity index (χ1n) is 3.63. The molecule has 0 heterocycles. The van der Waals surface area contributed by atoms with E-state index in [9.17, 15) is 4.79 Å². The van der Waals surface area contributed by atoms with Crippen molar-refractivity contribution in [1.29, 1.82) is 5.26 Å². The van der Waals surface area contributed by atoms with E-state index in [1.165, 1.54) is 6.08 Å². The predicted molar refractivity (Wildman–Crippen MR) is 48.4 cm³/mol. The minimum atomic E-state index is -0.990. The number of aliphatic hydroxyl groups excluding tert-OH is 1. The summed E-state index contributed by atoms with van der Waals surface area (Å²) >= 11 is 0. The summed E-state index contributed by atoms with van der Waals surface area (Å²) in [6.45, 7) is 7.99. The lowest BCUT2D eigenvalue weighted by molar-refractivity contribution is -0.161. The number of hydrogen-bond donors (Lipinski definition) is 1. The SMILES string of the molecule is C=CC#N.C=CC(=O)OC(O)CC. The fraction of sp³-hybridized carbons (Fsp3) is 0.333. The van der Waals surface area contributed by atoms with Crippen molar-refractivity contribution < 1.29 is 14.6 Å². The Hall–Kier alpha value is -1.60. The Bertz CT molecular complexity index is 205. The van der Waals surface area contributed by atoms with Crippen LogP contribution in [0.15, 0.2) is 25.3 Å². The van der Waals surface area contributed by atoms with Gasteiger partial charge in [0, 0.05) is 18.6 Å². The first-order chi connectivity index (χ1) is 6.12. The van der Waals surface area contributed by atoms with Crippen LogP contribution in [-0.4, -0.2) is 17.4 Å². The van der Waals surface area contributed by atoms with Gasteiger partial charge in [0.05, 0.1) is 6.07 Å². The maximum absolute atomic E-state index is 10.3. The lowest BCUT2D eigenvalue weighted by Gasteiger charge is -2.05. The fourth-order valence-electron chi connectivity index (χ4n) is 0.266. The third-order valence-electron chi connectivity index (χ3n) is 0.859. The number of allylic oxidation sites excluding steroid dienone is 1. The van der Waals surface area contributed by atoms with Crippen LogP contribution in [0.1, 0.15) is 13.3 Å². The van der Waals surface area contributed by atoms with Crippen LogP contribution in [0.5, 0.6) is 0 Å². The zero-order valence-electron chi connectivity index (χ0n) is 7.56. The van der Waals surface area contributed by atoms with Gasteiger partial charge in [-0.05, 0) is 0 Å². The highest BCUT2D eigenvalue weighted by Crippen LogP contribution is 1.92. The Morgan fingerprint density at radius 3 is 2.46 bits per heavy atom. The topological polar surface area (TPSA) is 70.3 Å². The average molecular weight is 183 g/mol. The molecule has 0 radical (unpaired) electrons. The third kappa shape index (κ3) is 13.4. The Morgan fingerprint density at radius 2 is 2.23 bits per heavy atom. The zero-order chi connectivity index (χ0) is 10.7. The summed E-state index contributed by atoms with van der Waals surface area (Å²) in [7, 11) is 0. The molecule has 0 fully saturated rings. The number of esters is 1. The molecule has 72 valence electrons. The molecule has 0 amide bonds. The van der Waals surface area contributed by atoms with Crippen molar-refractivity contribution in [1.82, 2.24) is 0 Å². The van der Waals surface area contributed by atoms with Crippen LogP contribution in [0.25, 0.3) is 0 Å². The van der Waals surface area contributed by atoms with E-state index in [0.29, 0.717) is 6.42 Å². The standard InChI is InChI=1S/C6H10O3.C3H3N/c1-3-5(7)9-6(8)4-2;1-2-3-4/h3,6,8H,1,4H2,2H3;2H,1H2. The molecule has 0 aliphatic rings. The number of nitriles is 1. The fourth-order valence-corrected chi connectivity index (χ4v) is 0.266. The number of aliphatic hydroxyl groups is 1. The number of hydrogen-bond acceptors (Lipinski definition) is 4. The predicted octanol–water partition coefficient (Wildman–Crippen LogP) is 1.14. The van der Waals surface area contributed by atoms with Crippen molar-refractivity contribution in [3.05, 3.63) is 25.3 Å². The lowest BCUT2D eigenvalue weighted by Crippen LogP contribution is -2.14. The summed E-state index contributed by atoms with van der Waals surface area (Å²) in [4.78, 5) is 10.3. The van der Waals surface area contributed by atoms with Gasteiger partial charge < -0.3 is 9.84 Å². The van der Waals surface area contributed by atoms with Crippen LogP contribution in [0.2, 0.25) is 0 Å². The average Bonchev–Trinajstić information content (AvgIpc) is 2.17. The maximum Gasteiger partial charge on any atom is 0.332 e. The van der Waals surface area contributed by atoms with Crippen molar-refractivity contribution >= 4 is 5.97 Å². The molecule has 0 aliphatic heterocycles. The highest BCUT2D eigenvalue weighted by Gasteiger charge is 2.02. The van der Waals surface area contributed by atoms with Gasteiger partial charge in [-0.3, -0.25) is 0 Å². The van der Waals surface area contributed by atoms with Gasteiger partial charge in [-0.1, -0.05) is 20.1 Å². The van der Waals surface area contributed by atoms with E-state index in [2.05, 4.69) is 17.9 Å². The van der Waals surface area contributed by atoms with Crippen molar-refractivity contribution in [3.8, 4) is 6.07 Å². The molecule has 0 saturated carbocycles. The number of ether oxygens (including phenoxy) is 1. The van der Waals surface area contributed by atoms with E-state index in [4.69, 9.17) is 10.4 Å². The summed E-state index contributed by atoms with van der Waals surface area (Å²) < 4.78 is 4.35. The van der Waals surface area contributed by atoms with E-state index in [-0.39, 0.29) is 0 Å². The summed E-state index contributed by atoms with van der Waals surface area (Å²) in [6, 6.07) is 1.69. The number of rotatable bonds is 3. The van der Waals surface area contributed by atoms with Crippen molar-refractivity contribution in [2.24, 2.45) is 0 Å². The lowest BCUT2D eigenvalue weighted by atomic mass is 10.5. The molecule has 0 saturated heterocycles. The second-order valence-corrected chi connectivity index (χ2v) is 1.84. The molecule has 1 atom stereocenters. The smallest absolute Gasteiger partial charge is 0.332 e. The molecule has 0 bridgehead atoms. The monoisotopic (exact) mass is 183 g/mol. The number of carbonyl (C=O) groups is 1. The summed E-state index contributed by atoms with van der Waals surface area (Å²) in [5, 5.41) is 16.2. The molecule has 0 aromatic carbocycles. The van der Waals surface area contributed by atoms with Gasteiger partial charge in [0.15, 0.2) is 0 Å². The molecule has 1 N–H and O–H groups in total. The molecule has 0 spiro atoms. The first kappa shape index (κ1) is 14.0. The molecule has 0 rings (SSSR count). The summed E-state index contributed by atoms with van der Waals surface area (Å²) in [6.07, 6.45) is 1.61. The molecule has 1 unspecified atom stereocenters. The van der Waals surface area contributed by atoms with Gasteiger partial charge in [0.1, 0.15) is 0 Å². The van der Waals surface area contributed by atoms with Crippen molar-refractivity contribution in [2.45, 2.75) is 19.6 Å². The van der Waals surface area contributed by atoms with Gasteiger partial charge in [0.2, 0.25) is 6.29 Å². The minimum Gasteiger partial charge on any atom is -0.433 e. The Balaban J connectivity index is 0. The molecule has 4 nitrogen and oxygen atoms in total. The van der Waals surface area contributed by atoms with Crippen LogP contribution in [0.3, 0.4) is 0 Å². The van der Waals surface area contributed by atoms with E-state index < -0.39 is 12.3 Å². The zero-order valence-corrected chi connectivity index (χ0v) is 7.56. The number of carbonyl (C=O) groups excluding carboxylic acids is 1. The molecule has 13 heavy (non-hydrogen) atoms. The second-order valence-electron chi connectivity index (χ2n) is 1.84. The van der Waals surface area contributed by atoms with Gasteiger partial charge >= 0.3 is 5.97 Å². The Labute approximate surface area is 77.7 Å². The molecule has 4 heteroatoms. The van der Waals surface area contributed by atoms with Crippen LogP contribution >= 0.6 is 0 Å².